The zero-order chi connectivity index (χ0) is 11.7. The van der Waals surface area contributed by atoms with Crippen LogP contribution in [0.2, 0.25) is 0 Å². The molecule has 2 rings (SSSR count). The van der Waals surface area contributed by atoms with Crippen LogP contribution in [0, 0.1) is 18.6 Å². The van der Waals surface area contributed by atoms with E-state index in [1.165, 1.54) is 19.1 Å². The third-order valence-electron chi connectivity index (χ3n) is 2.50. The van der Waals surface area contributed by atoms with Gasteiger partial charge in [0.2, 0.25) is 0 Å². The van der Waals surface area contributed by atoms with E-state index in [0.717, 1.165) is 0 Å². The molecule has 2 N–H and O–H groups in total. The molecule has 0 heterocycles. The minimum absolute atomic E-state index is 0.196. The van der Waals surface area contributed by atoms with Crippen molar-refractivity contribution in [3.63, 3.8) is 0 Å². The number of hydrogen-bond acceptors (Lipinski definition) is 1. The molecule has 0 saturated heterocycles. The van der Waals surface area contributed by atoms with Crippen LogP contribution < -0.4 is 5.73 Å². The Morgan fingerprint density at radius 2 is 1.62 bits per heavy atom. The van der Waals surface area contributed by atoms with Gasteiger partial charge in [0, 0.05) is 16.8 Å². The topological polar surface area (TPSA) is 26.0 Å². The lowest BCUT2D eigenvalue weighted by Gasteiger charge is -2.08. The van der Waals surface area contributed by atoms with Crippen molar-refractivity contribution in [1.82, 2.24) is 0 Å². The first kappa shape index (κ1) is 10.6. The van der Waals surface area contributed by atoms with Crippen molar-refractivity contribution < 1.29 is 8.78 Å². The SMILES string of the molecule is Cc1cc(F)c(-c2ccccc2N)cc1F. The van der Waals surface area contributed by atoms with E-state index in [2.05, 4.69) is 0 Å². The highest BCUT2D eigenvalue weighted by Crippen LogP contribution is 2.29. The molecule has 3 heteroatoms. The van der Waals surface area contributed by atoms with Crippen molar-refractivity contribution in [1.29, 1.82) is 0 Å². The van der Waals surface area contributed by atoms with E-state index in [-0.39, 0.29) is 11.1 Å². The summed E-state index contributed by atoms with van der Waals surface area (Å²) in [6, 6.07) is 9.17. The van der Waals surface area contributed by atoms with Crippen LogP contribution >= 0.6 is 0 Å². The molecule has 0 atom stereocenters. The molecule has 0 unspecified atom stereocenters. The number of nitrogen functional groups attached to an aromatic ring is 1. The first-order chi connectivity index (χ1) is 7.59. The van der Waals surface area contributed by atoms with Crippen molar-refractivity contribution in [2.75, 3.05) is 5.73 Å². The standard InChI is InChI=1S/C13H11F2N/c1-8-6-12(15)10(7-11(8)14)9-4-2-3-5-13(9)16/h2-7H,16H2,1H3. The molecule has 16 heavy (non-hydrogen) atoms. The summed E-state index contributed by atoms with van der Waals surface area (Å²) < 4.78 is 27.0. The number of halogens is 2. The number of hydrogen-bond donors (Lipinski definition) is 1. The van der Waals surface area contributed by atoms with E-state index >= 15 is 0 Å². The van der Waals surface area contributed by atoms with E-state index < -0.39 is 11.6 Å². The largest absolute Gasteiger partial charge is 0.398 e. The summed E-state index contributed by atoms with van der Waals surface area (Å²) in [6.45, 7) is 1.52. The van der Waals surface area contributed by atoms with Gasteiger partial charge in [-0.15, -0.1) is 0 Å². The summed E-state index contributed by atoms with van der Waals surface area (Å²) in [5.74, 6) is -0.892. The van der Waals surface area contributed by atoms with Gasteiger partial charge in [0.1, 0.15) is 11.6 Å². The molecule has 0 spiro atoms. The normalized spacial score (nSPS) is 10.4. The minimum Gasteiger partial charge on any atom is -0.398 e. The Labute approximate surface area is 92.5 Å². The molecule has 2 aromatic rings. The Hall–Kier alpha value is -1.90. The Balaban J connectivity index is 2.65. The molecular weight excluding hydrogens is 208 g/mol. The van der Waals surface area contributed by atoms with Crippen LogP contribution in [0.1, 0.15) is 5.56 Å². The summed E-state index contributed by atoms with van der Waals surface area (Å²) >= 11 is 0. The molecule has 0 amide bonds. The van der Waals surface area contributed by atoms with Gasteiger partial charge >= 0.3 is 0 Å². The average Bonchev–Trinajstić information content (AvgIpc) is 2.25. The van der Waals surface area contributed by atoms with Crippen molar-refractivity contribution in [2.24, 2.45) is 0 Å². The van der Waals surface area contributed by atoms with Crippen LogP contribution in [-0.4, -0.2) is 0 Å². The van der Waals surface area contributed by atoms with Crippen LogP contribution in [0.15, 0.2) is 36.4 Å². The fourth-order valence-corrected chi connectivity index (χ4v) is 1.59. The first-order valence-corrected chi connectivity index (χ1v) is 4.90. The lowest BCUT2D eigenvalue weighted by atomic mass is 10.0. The zero-order valence-electron chi connectivity index (χ0n) is 8.80. The summed E-state index contributed by atoms with van der Waals surface area (Å²) in [5, 5.41) is 0. The highest BCUT2D eigenvalue weighted by Gasteiger charge is 2.10. The fourth-order valence-electron chi connectivity index (χ4n) is 1.59. The van der Waals surface area contributed by atoms with Gasteiger partial charge in [-0.2, -0.15) is 0 Å². The summed E-state index contributed by atoms with van der Waals surface area (Å²) in [6.07, 6.45) is 0. The monoisotopic (exact) mass is 219 g/mol. The van der Waals surface area contributed by atoms with Crippen molar-refractivity contribution in [3.05, 3.63) is 53.6 Å². The molecule has 0 saturated carbocycles. The number of benzene rings is 2. The maximum absolute atomic E-state index is 13.7. The number of nitrogens with two attached hydrogens (primary N) is 1. The molecule has 0 bridgehead atoms. The number of aryl methyl sites for hydroxylation is 1. The highest BCUT2D eigenvalue weighted by atomic mass is 19.1. The van der Waals surface area contributed by atoms with Crippen LogP contribution in [0.4, 0.5) is 14.5 Å². The van der Waals surface area contributed by atoms with Gasteiger partial charge in [-0.25, -0.2) is 8.78 Å². The van der Waals surface area contributed by atoms with Crippen molar-refractivity contribution in [3.8, 4) is 11.1 Å². The predicted molar refractivity (Wildman–Crippen MR) is 60.9 cm³/mol. The van der Waals surface area contributed by atoms with Crippen LogP contribution in [-0.2, 0) is 0 Å². The van der Waals surface area contributed by atoms with E-state index in [1.54, 1.807) is 24.3 Å². The number of para-hydroxylation sites is 1. The lowest BCUT2D eigenvalue weighted by molar-refractivity contribution is 0.595. The second kappa shape index (κ2) is 3.93. The Bertz CT molecular complexity index is 535. The van der Waals surface area contributed by atoms with Gasteiger partial charge in [-0.05, 0) is 30.7 Å². The molecule has 2 aromatic carbocycles. The van der Waals surface area contributed by atoms with Gasteiger partial charge < -0.3 is 5.73 Å². The van der Waals surface area contributed by atoms with Crippen molar-refractivity contribution in [2.45, 2.75) is 6.92 Å². The molecule has 82 valence electrons. The predicted octanol–water partition coefficient (Wildman–Crippen LogP) is 3.52. The molecular formula is C13H11F2N. The third kappa shape index (κ3) is 1.76. The Morgan fingerprint density at radius 1 is 0.938 bits per heavy atom. The molecule has 0 aliphatic rings. The van der Waals surface area contributed by atoms with Crippen LogP contribution in [0.25, 0.3) is 11.1 Å². The number of rotatable bonds is 1. The maximum Gasteiger partial charge on any atom is 0.131 e. The molecule has 0 aromatic heterocycles. The fraction of sp³-hybridized carbons (Fsp3) is 0.0769. The van der Waals surface area contributed by atoms with Crippen LogP contribution in [0.3, 0.4) is 0 Å². The summed E-state index contributed by atoms with van der Waals surface area (Å²) in [5.41, 5.74) is 7.15. The number of anilines is 1. The van der Waals surface area contributed by atoms with E-state index in [9.17, 15) is 8.78 Å². The van der Waals surface area contributed by atoms with Gasteiger partial charge in [-0.3, -0.25) is 0 Å². The van der Waals surface area contributed by atoms with Gasteiger partial charge in [0.15, 0.2) is 0 Å². The van der Waals surface area contributed by atoms with E-state index in [1.807, 2.05) is 0 Å². The first-order valence-electron chi connectivity index (χ1n) is 4.90. The summed E-state index contributed by atoms with van der Waals surface area (Å²) in [7, 11) is 0. The van der Waals surface area contributed by atoms with Gasteiger partial charge in [0.05, 0.1) is 0 Å². The average molecular weight is 219 g/mol. The molecule has 1 nitrogen and oxygen atoms in total. The summed E-state index contributed by atoms with van der Waals surface area (Å²) in [4.78, 5) is 0. The van der Waals surface area contributed by atoms with E-state index in [4.69, 9.17) is 5.73 Å². The molecule has 0 aliphatic heterocycles. The van der Waals surface area contributed by atoms with E-state index in [0.29, 0.717) is 11.3 Å². The maximum atomic E-state index is 13.7. The lowest BCUT2D eigenvalue weighted by Crippen LogP contribution is -1.94. The smallest absolute Gasteiger partial charge is 0.131 e. The second-order valence-electron chi connectivity index (χ2n) is 3.67. The minimum atomic E-state index is -0.461. The molecule has 0 fully saturated rings. The third-order valence-corrected chi connectivity index (χ3v) is 2.50. The van der Waals surface area contributed by atoms with Crippen LogP contribution in [0.5, 0.6) is 0 Å². The quantitative estimate of drug-likeness (QED) is 0.729. The van der Waals surface area contributed by atoms with Crippen molar-refractivity contribution >= 4 is 5.69 Å². The van der Waals surface area contributed by atoms with Gasteiger partial charge in [0.25, 0.3) is 0 Å². The molecule has 0 radical (unpaired) electrons. The Kier molecular flexibility index (Phi) is 2.60. The molecule has 0 aliphatic carbocycles. The second-order valence-corrected chi connectivity index (χ2v) is 3.67. The highest BCUT2D eigenvalue weighted by molar-refractivity contribution is 5.76. The Morgan fingerprint density at radius 3 is 2.31 bits per heavy atom. The zero-order valence-corrected chi connectivity index (χ0v) is 8.80. The van der Waals surface area contributed by atoms with Gasteiger partial charge in [-0.1, -0.05) is 18.2 Å².